The fourth-order valence-electron chi connectivity index (χ4n) is 2.14. The Balaban J connectivity index is 2.15. The topological polar surface area (TPSA) is 42.3 Å². The number of benzene rings is 1. The fraction of sp³-hybridized carbons (Fsp3) is 0.250. The summed E-state index contributed by atoms with van der Waals surface area (Å²) in [4.78, 5) is 24.9. The Labute approximate surface area is 139 Å². The normalized spacial score (nSPS) is 11.4. The summed E-state index contributed by atoms with van der Waals surface area (Å²) in [5, 5.41) is 0. The van der Waals surface area contributed by atoms with E-state index in [0.29, 0.717) is 16.7 Å². The van der Waals surface area contributed by atoms with Gasteiger partial charge in [-0.2, -0.15) is 13.2 Å². The molecule has 1 aromatic heterocycles. The van der Waals surface area contributed by atoms with E-state index in [1.807, 2.05) is 0 Å². The minimum absolute atomic E-state index is 0.0358. The number of nitrogens with zero attached hydrogens (tertiary/aromatic N) is 2. The monoisotopic (exact) mass is 360 g/mol. The molecular formula is C16H13F5N2O2. The smallest absolute Gasteiger partial charge is 0.340 e. The molecule has 0 radical (unpaired) electrons. The highest BCUT2D eigenvalue weighted by atomic mass is 19.4. The van der Waals surface area contributed by atoms with Crippen LogP contribution in [0.15, 0.2) is 41.3 Å². The molecular weight excluding hydrogens is 347 g/mol. The first-order valence-electron chi connectivity index (χ1n) is 7.04. The molecule has 0 unspecified atom stereocenters. The number of likely N-dealkylation sites (N-methyl/N-ethyl adjacent to an activating group) is 1. The van der Waals surface area contributed by atoms with Crippen molar-refractivity contribution in [3.8, 4) is 0 Å². The van der Waals surface area contributed by atoms with Crippen molar-refractivity contribution in [2.45, 2.75) is 19.3 Å². The van der Waals surface area contributed by atoms with Gasteiger partial charge in [-0.3, -0.25) is 9.59 Å². The van der Waals surface area contributed by atoms with Crippen LogP contribution in [0.1, 0.15) is 11.1 Å². The van der Waals surface area contributed by atoms with Crippen molar-refractivity contribution in [2.75, 3.05) is 7.05 Å². The minimum atomic E-state index is -4.83. The Morgan fingerprint density at radius 3 is 2.48 bits per heavy atom. The summed E-state index contributed by atoms with van der Waals surface area (Å²) in [6.07, 6.45) is -3.77. The lowest BCUT2D eigenvalue weighted by molar-refractivity contribution is -0.139. The van der Waals surface area contributed by atoms with Gasteiger partial charge in [0.05, 0.1) is 0 Å². The van der Waals surface area contributed by atoms with Gasteiger partial charge in [-0.05, 0) is 18.2 Å². The molecule has 9 heteroatoms. The number of carbonyl (C=O) groups excluding carboxylic acids is 1. The average Bonchev–Trinajstić information content (AvgIpc) is 2.50. The summed E-state index contributed by atoms with van der Waals surface area (Å²) in [7, 11) is 1.30. The average molecular weight is 360 g/mol. The van der Waals surface area contributed by atoms with Crippen molar-refractivity contribution in [3.05, 3.63) is 69.6 Å². The van der Waals surface area contributed by atoms with E-state index in [2.05, 4.69) is 0 Å². The highest BCUT2D eigenvalue weighted by Crippen LogP contribution is 2.26. The van der Waals surface area contributed by atoms with E-state index < -0.39 is 41.4 Å². The van der Waals surface area contributed by atoms with Crippen molar-refractivity contribution in [1.82, 2.24) is 9.47 Å². The largest absolute Gasteiger partial charge is 0.421 e. The summed E-state index contributed by atoms with van der Waals surface area (Å²) >= 11 is 0. The molecule has 1 aromatic carbocycles. The van der Waals surface area contributed by atoms with Gasteiger partial charge in [0.25, 0.3) is 5.56 Å². The third-order valence-electron chi connectivity index (χ3n) is 3.48. The number of aromatic nitrogens is 1. The van der Waals surface area contributed by atoms with Crippen LogP contribution in [0.5, 0.6) is 0 Å². The van der Waals surface area contributed by atoms with Gasteiger partial charge >= 0.3 is 6.18 Å². The quantitative estimate of drug-likeness (QED) is 0.787. The first-order valence-corrected chi connectivity index (χ1v) is 7.04. The number of pyridine rings is 1. The summed E-state index contributed by atoms with van der Waals surface area (Å²) < 4.78 is 65.2. The third-order valence-corrected chi connectivity index (χ3v) is 3.48. The summed E-state index contributed by atoms with van der Waals surface area (Å²) in [5.41, 5.74) is -2.69. The van der Waals surface area contributed by atoms with E-state index in [-0.39, 0.29) is 12.1 Å². The predicted octanol–water partition coefficient (Wildman–Crippen LogP) is 2.80. The molecule has 2 aromatic rings. The van der Waals surface area contributed by atoms with Crippen molar-refractivity contribution in [1.29, 1.82) is 0 Å². The predicted molar refractivity (Wildman–Crippen MR) is 78.5 cm³/mol. The first kappa shape index (κ1) is 18.6. The molecule has 0 fully saturated rings. The van der Waals surface area contributed by atoms with E-state index in [1.54, 1.807) is 0 Å². The van der Waals surface area contributed by atoms with Gasteiger partial charge in [-0.15, -0.1) is 0 Å². The molecule has 0 saturated heterocycles. The lowest BCUT2D eigenvalue weighted by Crippen LogP contribution is -2.35. The third kappa shape index (κ3) is 4.43. The molecule has 1 amide bonds. The van der Waals surface area contributed by atoms with E-state index in [9.17, 15) is 31.5 Å². The molecule has 0 saturated carbocycles. The molecule has 0 atom stereocenters. The maximum Gasteiger partial charge on any atom is 0.421 e. The summed E-state index contributed by atoms with van der Waals surface area (Å²) in [6.45, 7) is -0.860. The van der Waals surface area contributed by atoms with Gasteiger partial charge < -0.3 is 9.47 Å². The number of halogens is 5. The van der Waals surface area contributed by atoms with Crippen LogP contribution in [0.25, 0.3) is 0 Å². The zero-order valence-electron chi connectivity index (χ0n) is 13.0. The molecule has 0 spiro atoms. The van der Waals surface area contributed by atoms with Crippen LogP contribution in [0.2, 0.25) is 0 Å². The van der Waals surface area contributed by atoms with Crippen LogP contribution in [-0.2, 0) is 24.1 Å². The first-order chi connectivity index (χ1) is 11.6. The summed E-state index contributed by atoms with van der Waals surface area (Å²) in [6, 6.07) is 4.47. The Kier molecular flexibility index (Phi) is 5.24. The van der Waals surface area contributed by atoms with Crippen LogP contribution in [0.4, 0.5) is 22.0 Å². The van der Waals surface area contributed by atoms with Crippen molar-refractivity contribution >= 4 is 5.91 Å². The Bertz CT molecular complexity index is 845. The van der Waals surface area contributed by atoms with Gasteiger partial charge in [0, 0.05) is 31.4 Å². The van der Waals surface area contributed by atoms with Crippen LogP contribution >= 0.6 is 0 Å². The number of rotatable bonds is 4. The van der Waals surface area contributed by atoms with Gasteiger partial charge in [-0.25, -0.2) is 8.78 Å². The van der Waals surface area contributed by atoms with E-state index >= 15 is 0 Å². The molecule has 25 heavy (non-hydrogen) atoms. The van der Waals surface area contributed by atoms with E-state index in [0.717, 1.165) is 29.3 Å². The van der Waals surface area contributed by atoms with Gasteiger partial charge in [0.1, 0.15) is 23.7 Å². The number of hydrogen-bond acceptors (Lipinski definition) is 2. The van der Waals surface area contributed by atoms with Crippen molar-refractivity contribution in [2.24, 2.45) is 0 Å². The SMILES string of the molecule is CN(Cc1ccc(F)cc1F)C(=O)Cn1cccc(C(F)(F)F)c1=O. The lowest BCUT2D eigenvalue weighted by atomic mass is 10.2. The highest BCUT2D eigenvalue weighted by Gasteiger charge is 2.34. The van der Waals surface area contributed by atoms with Crippen LogP contribution in [0.3, 0.4) is 0 Å². The van der Waals surface area contributed by atoms with E-state index in [4.69, 9.17) is 0 Å². The zero-order valence-corrected chi connectivity index (χ0v) is 13.0. The molecule has 0 aliphatic heterocycles. The standard InChI is InChI=1S/C16H13F5N2O2/c1-22(8-10-4-5-11(17)7-13(10)18)14(24)9-23-6-2-3-12(15(23)25)16(19,20)21/h2-7H,8-9H2,1H3. The maximum absolute atomic E-state index is 13.6. The highest BCUT2D eigenvalue weighted by molar-refractivity contribution is 5.75. The van der Waals surface area contributed by atoms with Crippen LogP contribution in [-0.4, -0.2) is 22.4 Å². The second-order valence-corrected chi connectivity index (χ2v) is 5.34. The second-order valence-electron chi connectivity index (χ2n) is 5.34. The Hall–Kier alpha value is -2.71. The molecule has 0 N–H and O–H groups in total. The van der Waals surface area contributed by atoms with Gasteiger partial charge in [0.2, 0.25) is 5.91 Å². The number of alkyl halides is 3. The van der Waals surface area contributed by atoms with Gasteiger partial charge in [-0.1, -0.05) is 6.07 Å². The van der Waals surface area contributed by atoms with Crippen LogP contribution < -0.4 is 5.56 Å². The molecule has 2 rings (SSSR count). The van der Waals surface area contributed by atoms with Crippen molar-refractivity contribution < 1.29 is 26.7 Å². The van der Waals surface area contributed by atoms with E-state index in [1.165, 1.54) is 7.05 Å². The molecule has 1 heterocycles. The lowest BCUT2D eigenvalue weighted by Gasteiger charge is -2.19. The number of carbonyl (C=O) groups is 1. The second kappa shape index (κ2) is 7.04. The number of amides is 1. The maximum atomic E-state index is 13.6. The summed E-state index contributed by atoms with van der Waals surface area (Å²) in [5.74, 6) is -2.33. The van der Waals surface area contributed by atoms with Crippen molar-refractivity contribution in [3.63, 3.8) is 0 Å². The zero-order chi connectivity index (χ0) is 18.8. The van der Waals surface area contributed by atoms with Crippen LogP contribution in [0, 0.1) is 11.6 Å². The fourth-order valence-corrected chi connectivity index (χ4v) is 2.14. The molecule has 0 aliphatic carbocycles. The Morgan fingerprint density at radius 1 is 1.20 bits per heavy atom. The molecule has 134 valence electrons. The van der Waals surface area contributed by atoms with Gasteiger partial charge in [0.15, 0.2) is 0 Å². The Morgan fingerprint density at radius 2 is 1.88 bits per heavy atom. The number of hydrogen-bond donors (Lipinski definition) is 0. The molecule has 4 nitrogen and oxygen atoms in total. The molecule has 0 bridgehead atoms. The minimum Gasteiger partial charge on any atom is -0.340 e. The molecule has 0 aliphatic rings.